The Morgan fingerprint density at radius 1 is 1.29 bits per heavy atom. The molecule has 106 valence electrons. The van der Waals surface area contributed by atoms with Crippen LogP contribution >= 0.6 is 0 Å². The van der Waals surface area contributed by atoms with Crippen molar-refractivity contribution in [1.82, 2.24) is 5.32 Å². The van der Waals surface area contributed by atoms with Gasteiger partial charge in [0.15, 0.2) is 5.76 Å². The van der Waals surface area contributed by atoms with Crippen LogP contribution in [0.2, 0.25) is 0 Å². The number of amides is 1. The van der Waals surface area contributed by atoms with E-state index in [0.29, 0.717) is 5.56 Å². The molecule has 2 aromatic rings. The first-order chi connectivity index (χ1) is 10.1. The molecule has 21 heavy (non-hydrogen) atoms. The molecule has 0 saturated heterocycles. The summed E-state index contributed by atoms with van der Waals surface area (Å²) in [6, 6.07) is 7.90. The van der Waals surface area contributed by atoms with E-state index in [1.165, 1.54) is 30.3 Å². The van der Waals surface area contributed by atoms with Crippen molar-refractivity contribution in [1.29, 1.82) is 0 Å². The summed E-state index contributed by atoms with van der Waals surface area (Å²) in [6.07, 6.45) is 0. The average Bonchev–Trinajstić information content (AvgIpc) is 2.95. The van der Waals surface area contributed by atoms with E-state index in [-0.39, 0.29) is 18.1 Å². The zero-order valence-corrected chi connectivity index (χ0v) is 10.6. The van der Waals surface area contributed by atoms with Crippen molar-refractivity contribution in [2.45, 2.75) is 0 Å². The number of halogens is 1. The Bertz CT molecular complexity index is 725. The molecule has 0 aliphatic rings. The minimum atomic E-state index is -0.731. The fourth-order valence-corrected chi connectivity index (χ4v) is 1.44. The van der Waals surface area contributed by atoms with E-state index in [1.807, 2.05) is 0 Å². The Morgan fingerprint density at radius 2 is 2.00 bits per heavy atom. The molecule has 0 aliphatic heterocycles. The highest BCUT2D eigenvalue weighted by molar-refractivity contribution is 5.91. The van der Waals surface area contributed by atoms with Crippen molar-refractivity contribution in [2.24, 2.45) is 0 Å². The maximum atomic E-state index is 12.7. The van der Waals surface area contributed by atoms with Gasteiger partial charge >= 0.3 is 5.88 Å². The predicted molar refractivity (Wildman–Crippen MR) is 71.0 cm³/mol. The van der Waals surface area contributed by atoms with E-state index in [9.17, 15) is 19.3 Å². The third-order valence-electron chi connectivity index (χ3n) is 2.41. The van der Waals surface area contributed by atoms with Crippen LogP contribution in [0, 0.1) is 27.8 Å². The first kappa shape index (κ1) is 14.3. The number of carbonyl (C=O) groups excluding carboxylic acids is 1. The molecule has 0 saturated carbocycles. The van der Waals surface area contributed by atoms with Gasteiger partial charge in [-0.2, -0.15) is 0 Å². The lowest BCUT2D eigenvalue weighted by Crippen LogP contribution is -2.23. The van der Waals surface area contributed by atoms with E-state index in [0.717, 1.165) is 6.07 Å². The second-order valence-corrected chi connectivity index (χ2v) is 3.89. The van der Waals surface area contributed by atoms with Crippen molar-refractivity contribution >= 4 is 11.8 Å². The second kappa shape index (κ2) is 6.34. The molecule has 1 heterocycles. The van der Waals surface area contributed by atoms with Crippen LogP contribution < -0.4 is 5.32 Å². The lowest BCUT2D eigenvalue weighted by Gasteiger charge is -1.96. The van der Waals surface area contributed by atoms with E-state index < -0.39 is 16.7 Å². The zero-order valence-electron chi connectivity index (χ0n) is 10.6. The SMILES string of the molecule is O=C(NCC#Cc1ccc(F)cc1)c1ccc([N+](=O)[O-])o1. The number of carbonyl (C=O) groups is 1. The average molecular weight is 288 g/mol. The summed E-state index contributed by atoms with van der Waals surface area (Å²) < 4.78 is 17.4. The van der Waals surface area contributed by atoms with Gasteiger partial charge in [0.25, 0.3) is 5.91 Å². The quantitative estimate of drug-likeness (QED) is 0.532. The van der Waals surface area contributed by atoms with Gasteiger partial charge in [-0.3, -0.25) is 14.9 Å². The molecular formula is C14H9FN2O4. The highest BCUT2D eigenvalue weighted by Gasteiger charge is 2.16. The van der Waals surface area contributed by atoms with Gasteiger partial charge in [0, 0.05) is 5.56 Å². The minimum absolute atomic E-state index is 0.0324. The summed E-state index contributed by atoms with van der Waals surface area (Å²) in [4.78, 5) is 21.3. The van der Waals surface area contributed by atoms with Crippen LogP contribution in [0.3, 0.4) is 0 Å². The molecule has 1 aromatic carbocycles. The molecule has 1 N–H and O–H groups in total. The van der Waals surface area contributed by atoms with Gasteiger partial charge in [-0.05, 0) is 30.3 Å². The van der Waals surface area contributed by atoms with Crippen LogP contribution in [-0.4, -0.2) is 17.4 Å². The topological polar surface area (TPSA) is 85.4 Å². The standard InChI is InChI=1S/C14H9FN2O4/c15-11-5-3-10(4-6-11)2-1-9-16-14(18)12-7-8-13(21-12)17(19)20/h3-8H,9H2,(H,16,18). The molecule has 2 rings (SSSR count). The lowest BCUT2D eigenvalue weighted by atomic mass is 10.2. The van der Waals surface area contributed by atoms with Crippen LogP contribution in [0.15, 0.2) is 40.8 Å². The molecule has 6 nitrogen and oxygen atoms in total. The first-order valence-electron chi connectivity index (χ1n) is 5.83. The number of rotatable bonds is 3. The van der Waals surface area contributed by atoms with Crippen LogP contribution in [0.5, 0.6) is 0 Å². The molecule has 0 unspecified atom stereocenters. The first-order valence-corrected chi connectivity index (χ1v) is 5.83. The molecule has 1 amide bonds. The molecule has 0 aliphatic carbocycles. The summed E-state index contributed by atoms with van der Waals surface area (Å²) in [5, 5.41) is 12.8. The predicted octanol–water partition coefficient (Wildman–Crippen LogP) is 2.11. The molecule has 0 atom stereocenters. The third kappa shape index (κ3) is 3.91. The fraction of sp³-hybridized carbons (Fsp3) is 0.0714. The fourth-order valence-electron chi connectivity index (χ4n) is 1.44. The highest BCUT2D eigenvalue weighted by Crippen LogP contribution is 2.15. The van der Waals surface area contributed by atoms with Crippen molar-refractivity contribution in [3.8, 4) is 11.8 Å². The summed E-state index contributed by atoms with van der Waals surface area (Å²) >= 11 is 0. The number of nitrogens with zero attached hydrogens (tertiary/aromatic N) is 1. The Labute approximate surface area is 118 Å². The Morgan fingerprint density at radius 3 is 2.62 bits per heavy atom. The van der Waals surface area contributed by atoms with Crippen LogP contribution in [0.1, 0.15) is 16.1 Å². The number of benzene rings is 1. The number of hydrogen-bond donors (Lipinski definition) is 1. The molecule has 0 radical (unpaired) electrons. The largest absolute Gasteiger partial charge is 0.433 e. The van der Waals surface area contributed by atoms with E-state index in [4.69, 9.17) is 4.42 Å². The van der Waals surface area contributed by atoms with Crippen LogP contribution in [0.4, 0.5) is 10.3 Å². The number of nitro groups is 1. The molecule has 0 fully saturated rings. The van der Waals surface area contributed by atoms with E-state index in [1.54, 1.807) is 0 Å². The van der Waals surface area contributed by atoms with Gasteiger partial charge in [0.1, 0.15) is 10.7 Å². The van der Waals surface area contributed by atoms with Gasteiger partial charge in [0.2, 0.25) is 0 Å². The van der Waals surface area contributed by atoms with Gasteiger partial charge in [0.05, 0.1) is 12.6 Å². The van der Waals surface area contributed by atoms with E-state index in [2.05, 4.69) is 17.2 Å². The highest BCUT2D eigenvalue weighted by atomic mass is 19.1. The minimum Gasteiger partial charge on any atom is -0.395 e. The number of furan rings is 1. The van der Waals surface area contributed by atoms with E-state index >= 15 is 0 Å². The van der Waals surface area contributed by atoms with Crippen molar-refractivity contribution < 1.29 is 18.5 Å². The zero-order chi connectivity index (χ0) is 15.2. The van der Waals surface area contributed by atoms with Crippen LogP contribution in [0.25, 0.3) is 0 Å². The van der Waals surface area contributed by atoms with Gasteiger partial charge in [-0.15, -0.1) is 0 Å². The Kier molecular flexibility index (Phi) is 4.31. The molecule has 7 heteroatoms. The summed E-state index contributed by atoms with van der Waals surface area (Å²) in [6.45, 7) is 0.0324. The molecule has 0 spiro atoms. The van der Waals surface area contributed by atoms with Gasteiger partial charge in [-0.1, -0.05) is 11.8 Å². The van der Waals surface area contributed by atoms with Crippen molar-refractivity contribution in [3.63, 3.8) is 0 Å². The number of hydrogen-bond acceptors (Lipinski definition) is 4. The lowest BCUT2D eigenvalue weighted by molar-refractivity contribution is -0.402. The summed E-state index contributed by atoms with van der Waals surface area (Å²) in [7, 11) is 0. The normalized spacial score (nSPS) is 9.57. The smallest absolute Gasteiger partial charge is 0.395 e. The Hall–Kier alpha value is -3.14. The monoisotopic (exact) mass is 288 g/mol. The maximum absolute atomic E-state index is 12.7. The van der Waals surface area contributed by atoms with Gasteiger partial charge in [-0.25, -0.2) is 4.39 Å². The van der Waals surface area contributed by atoms with Crippen LogP contribution in [-0.2, 0) is 0 Å². The summed E-state index contributed by atoms with van der Waals surface area (Å²) in [5.74, 6) is 3.79. The maximum Gasteiger partial charge on any atom is 0.433 e. The molecule has 1 aromatic heterocycles. The molecular weight excluding hydrogens is 279 g/mol. The van der Waals surface area contributed by atoms with Crippen molar-refractivity contribution in [2.75, 3.05) is 6.54 Å². The Balaban J connectivity index is 1.89. The number of nitrogens with one attached hydrogen (secondary N) is 1. The third-order valence-corrected chi connectivity index (χ3v) is 2.41. The summed E-state index contributed by atoms with van der Waals surface area (Å²) in [5.41, 5.74) is 0.610. The van der Waals surface area contributed by atoms with Gasteiger partial charge < -0.3 is 9.73 Å². The molecule has 0 bridgehead atoms. The van der Waals surface area contributed by atoms with Crippen molar-refractivity contribution in [3.05, 3.63) is 63.7 Å². The second-order valence-electron chi connectivity index (χ2n) is 3.89.